The van der Waals surface area contributed by atoms with E-state index < -0.39 is 35.7 Å². The predicted molar refractivity (Wildman–Crippen MR) is 112 cm³/mol. The van der Waals surface area contributed by atoms with Crippen molar-refractivity contribution in [2.24, 2.45) is 0 Å². The molecular weight excluding hydrogens is 510 g/mol. The van der Waals surface area contributed by atoms with E-state index in [2.05, 4.69) is 25.6 Å². The zero-order chi connectivity index (χ0) is 24.9. The second-order valence-corrected chi connectivity index (χ2v) is 8.51. The van der Waals surface area contributed by atoms with Gasteiger partial charge in [-0.2, -0.15) is 13.2 Å². The second kappa shape index (κ2) is 10.3. The molecule has 2 N–H and O–H groups in total. The minimum absolute atomic E-state index is 0.0190. The van der Waals surface area contributed by atoms with E-state index in [-0.39, 0.29) is 22.1 Å². The van der Waals surface area contributed by atoms with Crippen molar-refractivity contribution in [1.82, 2.24) is 10.2 Å². The Morgan fingerprint density at radius 3 is 2.32 bits per heavy atom. The summed E-state index contributed by atoms with van der Waals surface area (Å²) in [6.07, 6.45) is -9.42. The molecule has 0 aliphatic rings. The monoisotopic (exact) mass is 522 g/mol. The number of nitrogens with one attached hydrogen (secondary N) is 2. The van der Waals surface area contributed by atoms with Crippen LogP contribution in [-0.4, -0.2) is 34.1 Å². The van der Waals surface area contributed by atoms with Crippen LogP contribution in [0.1, 0.15) is 15.9 Å². The average molecular weight is 522 g/mol. The Balaban J connectivity index is 1.50. The molecule has 1 heterocycles. The number of nitrogens with zero attached hydrogens (tertiary/aromatic N) is 2. The summed E-state index contributed by atoms with van der Waals surface area (Å²) < 4.78 is 78.9. The number of ether oxygens (including phenoxy) is 1. The van der Waals surface area contributed by atoms with Crippen molar-refractivity contribution in [3.63, 3.8) is 0 Å². The highest BCUT2D eigenvalue weighted by molar-refractivity contribution is 8.01. The molecule has 0 bridgehead atoms. The van der Waals surface area contributed by atoms with E-state index in [0.29, 0.717) is 10.4 Å². The van der Waals surface area contributed by atoms with Gasteiger partial charge in [-0.1, -0.05) is 29.2 Å². The number of aromatic nitrogens is 2. The van der Waals surface area contributed by atoms with Gasteiger partial charge in [-0.25, -0.2) is 0 Å². The predicted octanol–water partition coefficient (Wildman–Crippen LogP) is 5.44. The topological polar surface area (TPSA) is 93.2 Å². The number of alkyl halides is 6. The molecule has 34 heavy (non-hydrogen) atoms. The van der Waals surface area contributed by atoms with Crippen LogP contribution in [0.4, 0.5) is 37.2 Å². The van der Waals surface area contributed by atoms with E-state index in [9.17, 15) is 35.9 Å². The van der Waals surface area contributed by atoms with E-state index in [0.717, 1.165) is 47.4 Å². The van der Waals surface area contributed by atoms with Gasteiger partial charge >= 0.3 is 12.5 Å². The lowest BCUT2D eigenvalue weighted by atomic mass is 10.1. The molecule has 3 rings (SSSR count). The first kappa shape index (κ1) is 25.3. The first-order valence-corrected chi connectivity index (χ1v) is 10.8. The number of amides is 2. The van der Waals surface area contributed by atoms with Gasteiger partial charge in [-0.15, -0.1) is 23.4 Å². The zero-order valence-electron chi connectivity index (χ0n) is 16.5. The minimum atomic E-state index is -4.82. The molecule has 0 unspecified atom stereocenters. The van der Waals surface area contributed by atoms with Crippen LogP contribution in [0.2, 0.25) is 0 Å². The Morgan fingerprint density at radius 1 is 0.971 bits per heavy atom. The van der Waals surface area contributed by atoms with E-state index in [1.54, 1.807) is 0 Å². The largest absolute Gasteiger partial charge is 0.573 e. The van der Waals surface area contributed by atoms with Crippen LogP contribution in [0.5, 0.6) is 5.75 Å². The Kier molecular flexibility index (Phi) is 7.66. The lowest BCUT2D eigenvalue weighted by Gasteiger charge is -2.09. The SMILES string of the molecule is O=C(CSc1nnc(NC(=O)c2cccc(C(F)(F)F)c2)s1)Nc1ccc(OC(F)(F)F)cc1. The first-order chi connectivity index (χ1) is 15.9. The molecule has 0 fully saturated rings. The maximum atomic E-state index is 12.8. The lowest BCUT2D eigenvalue weighted by Crippen LogP contribution is -2.17. The molecule has 0 saturated carbocycles. The van der Waals surface area contributed by atoms with Crippen molar-refractivity contribution >= 4 is 45.7 Å². The molecule has 0 aliphatic heterocycles. The second-order valence-electron chi connectivity index (χ2n) is 6.31. The number of anilines is 2. The number of carbonyl (C=O) groups excluding carboxylic acids is 2. The van der Waals surface area contributed by atoms with Crippen molar-refractivity contribution < 1.29 is 40.7 Å². The van der Waals surface area contributed by atoms with Gasteiger partial charge in [0.2, 0.25) is 11.0 Å². The molecule has 7 nitrogen and oxygen atoms in total. The van der Waals surface area contributed by atoms with Gasteiger partial charge in [0.25, 0.3) is 5.91 Å². The smallest absolute Gasteiger partial charge is 0.406 e. The van der Waals surface area contributed by atoms with Crippen LogP contribution >= 0.6 is 23.1 Å². The first-order valence-electron chi connectivity index (χ1n) is 8.99. The van der Waals surface area contributed by atoms with Crippen LogP contribution in [0, 0.1) is 0 Å². The van der Waals surface area contributed by atoms with Crippen molar-refractivity contribution in [2.45, 2.75) is 16.9 Å². The average Bonchev–Trinajstić information content (AvgIpc) is 3.19. The number of rotatable bonds is 7. The van der Waals surface area contributed by atoms with Gasteiger partial charge in [0.05, 0.1) is 11.3 Å². The number of carbonyl (C=O) groups is 2. The number of thioether (sulfide) groups is 1. The highest BCUT2D eigenvalue weighted by Crippen LogP contribution is 2.30. The quantitative estimate of drug-likeness (QED) is 0.244. The number of hydrogen-bond acceptors (Lipinski definition) is 7. The molecule has 1 aromatic heterocycles. The van der Waals surface area contributed by atoms with Crippen molar-refractivity contribution in [3.8, 4) is 5.75 Å². The summed E-state index contributed by atoms with van der Waals surface area (Å²) in [5, 5.41) is 12.3. The minimum Gasteiger partial charge on any atom is -0.406 e. The summed E-state index contributed by atoms with van der Waals surface area (Å²) in [5.74, 6) is -1.86. The third-order valence-electron chi connectivity index (χ3n) is 3.78. The number of halogens is 6. The molecule has 0 atom stereocenters. The van der Waals surface area contributed by atoms with Gasteiger partial charge in [0, 0.05) is 11.3 Å². The van der Waals surface area contributed by atoms with Crippen molar-refractivity contribution in [2.75, 3.05) is 16.4 Å². The molecule has 2 amide bonds. The maximum Gasteiger partial charge on any atom is 0.573 e. The molecule has 2 aromatic carbocycles. The van der Waals surface area contributed by atoms with Crippen LogP contribution in [-0.2, 0) is 11.0 Å². The molecular formula is C19H12F6N4O3S2. The number of benzene rings is 2. The molecule has 0 spiro atoms. The third-order valence-corrected chi connectivity index (χ3v) is 5.75. The fourth-order valence-corrected chi connectivity index (χ4v) is 3.94. The standard InChI is InChI=1S/C19H12F6N4O3S2/c20-18(21,22)11-3-1-2-10(8-11)15(31)27-16-28-29-17(34-16)33-9-14(30)26-12-4-6-13(7-5-12)32-19(23,24)25/h1-8H,9H2,(H,26,30)(H,27,28,31). The summed E-state index contributed by atoms with van der Waals surface area (Å²) in [5.41, 5.74) is -0.945. The highest BCUT2D eigenvalue weighted by Gasteiger charge is 2.31. The third kappa shape index (κ3) is 7.62. The molecule has 15 heteroatoms. The van der Waals surface area contributed by atoms with Crippen LogP contribution in [0.25, 0.3) is 0 Å². The van der Waals surface area contributed by atoms with E-state index in [1.807, 2.05) is 0 Å². The van der Waals surface area contributed by atoms with E-state index >= 15 is 0 Å². The Labute approximate surface area is 195 Å². The summed E-state index contributed by atoms with van der Waals surface area (Å²) in [7, 11) is 0. The fourth-order valence-electron chi connectivity index (χ4n) is 2.39. The zero-order valence-corrected chi connectivity index (χ0v) is 18.2. The van der Waals surface area contributed by atoms with E-state index in [1.165, 1.54) is 18.2 Å². The normalized spacial score (nSPS) is 11.7. The summed E-state index contributed by atoms with van der Waals surface area (Å²) in [4.78, 5) is 24.2. The van der Waals surface area contributed by atoms with Crippen LogP contribution in [0.15, 0.2) is 52.9 Å². The Hall–Kier alpha value is -3.33. The van der Waals surface area contributed by atoms with Crippen molar-refractivity contribution in [1.29, 1.82) is 0 Å². The summed E-state index contributed by atoms with van der Waals surface area (Å²) in [6.45, 7) is 0. The van der Waals surface area contributed by atoms with Gasteiger partial charge in [-0.3, -0.25) is 14.9 Å². The van der Waals surface area contributed by atoms with Gasteiger partial charge < -0.3 is 10.1 Å². The van der Waals surface area contributed by atoms with Crippen molar-refractivity contribution in [3.05, 3.63) is 59.7 Å². The molecule has 180 valence electrons. The summed E-state index contributed by atoms with van der Waals surface area (Å²) in [6, 6.07) is 8.42. The molecule has 0 radical (unpaired) electrons. The van der Waals surface area contributed by atoms with Gasteiger partial charge in [-0.05, 0) is 42.5 Å². The summed E-state index contributed by atoms with van der Waals surface area (Å²) >= 11 is 1.87. The van der Waals surface area contributed by atoms with Gasteiger partial charge in [0.15, 0.2) is 4.34 Å². The maximum absolute atomic E-state index is 12.8. The fraction of sp³-hybridized carbons (Fsp3) is 0.158. The van der Waals surface area contributed by atoms with Crippen LogP contribution < -0.4 is 15.4 Å². The Morgan fingerprint density at radius 2 is 1.68 bits per heavy atom. The highest BCUT2D eigenvalue weighted by atomic mass is 32.2. The lowest BCUT2D eigenvalue weighted by molar-refractivity contribution is -0.274. The molecule has 3 aromatic rings. The Bertz CT molecular complexity index is 1170. The molecule has 0 aliphatic carbocycles. The van der Waals surface area contributed by atoms with Gasteiger partial charge in [0.1, 0.15) is 5.75 Å². The van der Waals surface area contributed by atoms with Crippen LogP contribution in [0.3, 0.4) is 0 Å². The van der Waals surface area contributed by atoms with E-state index in [4.69, 9.17) is 0 Å². The number of hydrogen-bond donors (Lipinski definition) is 2. The molecule has 0 saturated heterocycles.